The zero-order valence-electron chi connectivity index (χ0n) is 10.4. The first-order chi connectivity index (χ1) is 9.35. The molecule has 0 aliphatic carbocycles. The Balaban J connectivity index is 2.38. The molecule has 0 radical (unpaired) electrons. The Kier molecular flexibility index (Phi) is 2.94. The fourth-order valence-corrected chi connectivity index (χ4v) is 3.14. The lowest BCUT2D eigenvalue weighted by atomic mass is 9.99. The zero-order chi connectivity index (χ0) is 13.2. The van der Waals surface area contributed by atoms with Gasteiger partial charge in [-0.2, -0.15) is 5.26 Å². The van der Waals surface area contributed by atoms with Crippen LogP contribution in [0.1, 0.15) is 5.56 Å². The van der Waals surface area contributed by atoms with Gasteiger partial charge in [-0.05, 0) is 28.6 Å². The van der Waals surface area contributed by atoms with Crippen LogP contribution in [0.2, 0.25) is 0 Å². The van der Waals surface area contributed by atoms with Gasteiger partial charge in [-0.15, -0.1) is 11.3 Å². The molecule has 2 aromatic carbocycles. The molecule has 19 heavy (non-hydrogen) atoms. The first-order valence-electron chi connectivity index (χ1n) is 5.89. The van der Waals surface area contributed by atoms with Gasteiger partial charge in [0.05, 0.1) is 11.8 Å². The lowest BCUT2D eigenvalue weighted by molar-refractivity contribution is 0.414. The van der Waals surface area contributed by atoms with E-state index in [0.717, 1.165) is 21.2 Å². The van der Waals surface area contributed by atoms with E-state index in [1.54, 1.807) is 18.4 Å². The highest BCUT2D eigenvalue weighted by atomic mass is 32.1. The second kappa shape index (κ2) is 4.75. The second-order valence-electron chi connectivity index (χ2n) is 4.14. The molecule has 0 aliphatic rings. The number of thiophene rings is 1. The Morgan fingerprint density at radius 2 is 1.95 bits per heavy atom. The third kappa shape index (κ3) is 1.87. The first kappa shape index (κ1) is 11.8. The summed E-state index contributed by atoms with van der Waals surface area (Å²) in [4.78, 5) is 0. The molecule has 3 aromatic rings. The lowest BCUT2D eigenvalue weighted by Crippen LogP contribution is -1.90. The number of fused-ring (bicyclic) bond motifs is 1. The van der Waals surface area contributed by atoms with Crippen LogP contribution < -0.4 is 4.74 Å². The maximum Gasteiger partial charge on any atom is 0.138 e. The average molecular weight is 265 g/mol. The summed E-state index contributed by atoms with van der Waals surface area (Å²) in [6, 6.07) is 16.4. The van der Waals surface area contributed by atoms with Crippen LogP contribution in [0.25, 0.3) is 21.2 Å². The van der Waals surface area contributed by atoms with Gasteiger partial charge in [0.15, 0.2) is 0 Å². The van der Waals surface area contributed by atoms with Crippen molar-refractivity contribution in [3.63, 3.8) is 0 Å². The minimum atomic E-state index is 0.618. The highest BCUT2D eigenvalue weighted by Gasteiger charge is 2.14. The Morgan fingerprint density at radius 1 is 1.16 bits per heavy atom. The van der Waals surface area contributed by atoms with Crippen molar-refractivity contribution in [3.8, 4) is 22.9 Å². The summed E-state index contributed by atoms with van der Waals surface area (Å²) in [5.74, 6) is 0.635. The first-order valence-corrected chi connectivity index (χ1v) is 6.77. The summed E-state index contributed by atoms with van der Waals surface area (Å²) in [6.07, 6.45) is 0. The van der Waals surface area contributed by atoms with Crippen molar-refractivity contribution >= 4 is 21.4 Å². The molecule has 0 unspecified atom stereocenters. The van der Waals surface area contributed by atoms with Crippen LogP contribution in [0, 0.1) is 11.3 Å². The van der Waals surface area contributed by atoms with Gasteiger partial charge in [-0.25, -0.2) is 0 Å². The van der Waals surface area contributed by atoms with Gasteiger partial charge >= 0.3 is 0 Å². The number of hydrogen-bond acceptors (Lipinski definition) is 3. The van der Waals surface area contributed by atoms with Crippen molar-refractivity contribution in [1.29, 1.82) is 5.26 Å². The smallest absolute Gasteiger partial charge is 0.138 e. The van der Waals surface area contributed by atoms with E-state index in [0.29, 0.717) is 11.3 Å². The number of nitriles is 1. The predicted octanol–water partition coefficient (Wildman–Crippen LogP) is 4.45. The summed E-state index contributed by atoms with van der Waals surface area (Å²) in [5, 5.41) is 12.4. The lowest BCUT2D eigenvalue weighted by Gasteiger charge is -2.09. The molecule has 1 aromatic heterocycles. The van der Waals surface area contributed by atoms with E-state index in [1.165, 1.54) is 0 Å². The number of rotatable bonds is 2. The molecule has 0 N–H and O–H groups in total. The second-order valence-corrected chi connectivity index (χ2v) is 5.06. The Bertz CT molecular complexity index is 769. The Labute approximate surface area is 115 Å². The molecule has 92 valence electrons. The quantitative estimate of drug-likeness (QED) is 0.686. The summed E-state index contributed by atoms with van der Waals surface area (Å²) in [7, 11) is 1.60. The van der Waals surface area contributed by atoms with Crippen molar-refractivity contribution in [2.24, 2.45) is 0 Å². The summed E-state index contributed by atoms with van der Waals surface area (Å²) in [6.45, 7) is 0. The van der Waals surface area contributed by atoms with Gasteiger partial charge in [-0.3, -0.25) is 0 Å². The van der Waals surface area contributed by atoms with E-state index >= 15 is 0 Å². The van der Waals surface area contributed by atoms with Gasteiger partial charge in [0.1, 0.15) is 17.4 Å². The minimum Gasteiger partial charge on any atom is -0.495 e. The zero-order valence-corrected chi connectivity index (χ0v) is 11.2. The van der Waals surface area contributed by atoms with Crippen molar-refractivity contribution in [3.05, 3.63) is 53.4 Å². The molecule has 0 saturated heterocycles. The number of hydrogen-bond donors (Lipinski definition) is 0. The van der Waals surface area contributed by atoms with E-state index in [-0.39, 0.29) is 0 Å². The number of benzene rings is 2. The molecule has 0 atom stereocenters. The molecule has 0 fully saturated rings. The highest BCUT2D eigenvalue weighted by Crippen LogP contribution is 2.39. The monoisotopic (exact) mass is 265 g/mol. The van der Waals surface area contributed by atoms with E-state index in [1.807, 2.05) is 29.6 Å². The van der Waals surface area contributed by atoms with Gasteiger partial charge in [0.25, 0.3) is 0 Å². The third-order valence-corrected chi connectivity index (χ3v) is 4.05. The van der Waals surface area contributed by atoms with Crippen molar-refractivity contribution in [2.45, 2.75) is 0 Å². The maximum absolute atomic E-state index is 9.30. The standard InChI is InChI=1S/C16H11NOS/c1-18-15-9-13(11-5-3-2-4-6-11)12-7-8-19-16(12)14(15)10-17/h2-9H,1H3. The average Bonchev–Trinajstić information content (AvgIpc) is 2.95. The van der Waals surface area contributed by atoms with Crippen LogP contribution in [0.3, 0.4) is 0 Å². The van der Waals surface area contributed by atoms with Crippen LogP contribution in [0.5, 0.6) is 5.75 Å². The molecule has 3 heteroatoms. The third-order valence-electron chi connectivity index (χ3n) is 3.12. The minimum absolute atomic E-state index is 0.618. The number of nitrogens with zero attached hydrogens (tertiary/aromatic N) is 1. The molecule has 0 bridgehead atoms. The van der Waals surface area contributed by atoms with Gasteiger partial charge in [0.2, 0.25) is 0 Å². The Hall–Kier alpha value is -2.31. The van der Waals surface area contributed by atoms with E-state index in [2.05, 4.69) is 24.3 Å². The fraction of sp³-hybridized carbons (Fsp3) is 0.0625. The van der Waals surface area contributed by atoms with Crippen molar-refractivity contribution < 1.29 is 4.74 Å². The van der Waals surface area contributed by atoms with Gasteiger partial charge in [-0.1, -0.05) is 30.3 Å². The van der Waals surface area contributed by atoms with Crippen LogP contribution >= 0.6 is 11.3 Å². The largest absolute Gasteiger partial charge is 0.495 e. The summed E-state index contributed by atoms with van der Waals surface area (Å²) >= 11 is 1.57. The van der Waals surface area contributed by atoms with E-state index in [4.69, 9.17) is 4.74 Å². The molecule has 3 rings (SSSR count). The molecular weight excluding hydrogens is 254 g/mol. The van der Waals surface area contributed by atoms with E-state index < -0.39 is 0 Å². The maximum atomic E-state index is 9.30. The highest BCUT2D eigenvalue weighted by molar-refractivity contribution is 7.17. The SMILES string of the molecule is COc1cc(-c2ccccc2)c2ccsc2c1C#N. The van der Waals surface area contributed by atoms with Crippen LogP contribution in [0.4, 0.5) is 0 Å². The van der Waals surface area contributed by atoms with Gasteiger partial charge < -0.3 is 4.74 Å². The molecule has 0 spiro atoms. The number of methoxy groups -OCH3 is 1. The predicted molar refractivity (Wildman–Crippen MR) is 78.5 cm³/mol. The van der Waals surface area contributed by atoms with Crippen LogP contribution in [-0.4, -0.2) is 7.11 Å². The van der Waals surface area contributed by atoms with Crippen LogP contribution in [0.15, 0.2) is 47.8 Å². The normalized spacial score (nSPS) is 10.3. The van der Waals surface area contributed by atoms with Gasteiger partial charge in [0, 0.05) is 5.39 Å². The molecule has 2 nitrogen and oxygen atoms in total. The van der Waals surface area contributed by atoms with Crippen LogP contribution in [-0.2, 0) is 0 Å². The molecule has 0 amide bonds. The number of ether oxygens (including phenoxy) is 1. The van der Waals surface area contributed by atoms with Crippen molar-refractivity contribution in [2.75, 3.05) is 7.11 Å². The molecule has 0 aliphatic heterocycles. The Morgan fingerprint density at radius 3 is 2.63 bits per heavy atom. The summed E-state index contributed by atoms with van der Waals surface area (Å²) in [5.41, 5.74) is 2.86. The summed E-state index contributed by atoms with van der Waals surface area (Å²) < 4.78 is 6.35. The molecular formula is C16H11NOS. The van der Waals surface area contributed by atoms with Crippen molar-refractivity contribution in [1.82, 2.24) is 0 Å². The van der Waals surface area contributed by atoms with E-state index in [9.17, 15) is 5.26 Å². The topological polar surface area (TPSA) is 33.0 Å². The molecule has 1 heterocycles. The fourth-order valence-electron chi connectivity index (χ4n) is 2.23. The molecule has 0 saturated carbocycles.